The van der Waals surface area contributed by atoms with E-state index in [-0.39, 0.29) is 55.6 Å². The second-order valence-corrected chi connectivity index (χ2v) is 13.5. The van der Waals surface area contributed by atoms with Crippen molar-refractivity contribution in [2.75, 3.05) is 14.1 Å². The molecule has 0 aliphatic rings. The number of nitrogens with zero attached hydrogens (tertiary/aromatic N) is 6. The molecule has 1 radical (unpaired) electrons. The maximum Gasteiger partial charge on any atom is 0.296 e. The van der Waals surface area contributed by atoms with Crippen LogP contribution in [0.3, 0.4) is 0 Å². The number of aromatic hydroxyl groups is 2. The van der Waals surface area contributed by atoms with E-state index >= 15 is 0 Å². The summed E-state index contributed by atoms with van der Waals surface area (Å²) >= 11 is 1.58. The van der Waals surface area contributed by atoms with E-state index in [1.54, 1.807) is 50.5 Å². The van der Waals surface area contributed by atoms with Crippen LogP contribution in [0.4, 0.5) is 22.7 Å². The molecule has 6 rings (SSSR count). The van der Waals surface area contributed by atoms with E-state index in [9.17, 15) is 18.6 Å². The van der Waals surface area contributed by atoms with Gasteiger partial charge in [-0.2, -0.15) is 28.9 Å². The molecule has 0 amide bonds. The molecule has 0 heterocycles. The number of benzene rings is 6. The molecular formula is C41H49N6O11S3Y-. The normalized spacial score (nSPS) is 10.5. The van der Waals surface area contributed by atoms with Gasteiger partial charge in [0, 0.05) is 68.2 Å². The summed E-state index contributed by atoms with van der Waals surface area (Å²) in [5.74, 6) is -0.298. The van der Waals surface area contributed by atoms with E-state index in [1.807, 2.05) is 84.9 Å². The molecule has 331 valence electrons. The van der Waals surface area contributed by atoms with Gasteiger partial charge in [-0.15, -0.1) is 37.6 Å². The van der Waals surface area contributed by atoms with E-state index in [0.717, 1.165) is 45.8 Å². The Balaban J connectivity index is 0.000000846. The third-order valence-electron chi connectivity index (χ3n) is 7.44. The summed E-state index contributed by atoms with van der Waals surface area (Å²) in [5.41, 5.74) is 2.17. The summed E-state index contributed by atoms with van der Waals surface area (Å²) in [7, 11) is -1.27. The molecule has 21 heteroatoms. The first-order valence-corrected chi connectivity index (χ1v) is 21.1. The van der Waals surface area contributed by atoms with Crippen LogP contribution in [-0.4, -0.2) is 61.2 Å². The first kappa shape index (κ1) is 57.7. The molecule has 0 aliphatic carbocycles. The SMILES string of the molecule is C=Nc1c(S(=O)(=O)O)cc2ccccc2c1O.C=Nc1c(SOOO)cc2ccccc2c1O.CC.CC.CC.CN=Nc1[c-]c2c(C)c(N=NC)c(SOOO)cc2cc1.[Y]. The molecule has 0 atom stereocenters. The average Bonchev–Trinajstić information content (AvgIpc) is 3.28. The van der Waals surface area contributed by atoms with Crippen molar-refractivity contribution in [3.8, 4) is 11.5 Å². The van der Waals surface area contributed by atoms with E-state index in [4.69, 9.17) is 15.1 Å². The zero-order valence-electron chi connectivity index (χ0n) is 35.6. The Labute approximate surface area is 394 Å². The number of rotatable bonds is 11. The standard InChI is InChI=1S/C13H13N4O3S.2C11H9NO4S.3C2H6.Y/c1-8-11-7-10(16-14-2)5-4-9(11)6-12(21-20-19-18)13(8)17-15-3;1-12-10-9(17(14,15)16)6-7-4-2-3-5-8(7)11(10)13;1-12-10-9(17-16-15-14)6-7-4-2-3-5-8(7)11(10)13;3*1-2;/h4-6,18H,1-3H3;2-6,13H,1H2,(H,14,15,16);2-6,13-14H,1H2;3*1-2H3;/q-1;;;;;;. The smallest absolute Gasteiger partial charge is 0.296 e. The van der Waals surface area contributed by atoms with Gasteiger partial charge < -0.3 is 10.2 Å². The van der Waals surface area contributed by atoms with Gasteiger partial charge >= 0.3 is 0 Å². The van der Waals surface area contributed by atoms with Gasteiger partial charge in [-0.25, -0.2) is 10.5 Å². The Bertz CT molecular complexity index is 2530. The maximum absolute atomic E-state index is 11.2. The fraction of sp³-hybridized carbons (Fsp3) is 0.220. The molecule has 0 fully saturated rings. The zero-order chi connectivity index (χ0) is 46.1. The van der Waals surface area contributed by atoms with Crippen molar-refractivity contribution < 1.29 is 85.2 Å². The number of fused-ring (bicyclic) bond motifs is 3. The van der Waals surface area contributed by atoms with Crippen molar-refractivity contribution in [2.45, 2.75) is 63.2 Å². The second-order valence-electron chi connectivity index (χ2n) is 10.6. The Kier molecular flexibility index (Phi) is 28.6. The van der Waals surface area contributed by atoms with Crippen LogP contribution in [0.5, 0.6) is 11.5 Å². The zero-order valence-corrected chi connectivity index (χ0v) is 40.9. The molecule has 0 saturated heterocycles. The average molecular weight is 987 g/mol. The number of hydrogen-bond acceptors (Lipinski definition) is 18. The predicted molar refractivity (Wildman–Crippen MR) is 243 cm³/mol. The molecule has 0 spiro atoms. The quantitative estimate of drug-likeness (QED) is 0.0154. The molecule has 17 nitrogen and oxygen atoms in total. The first-order chi connectivity index (χ1) is 29.4. The van der Waals surface area contributed by atoms with Crippen molar-refractivity contribution in [3.63, 3.8) is 0 Å². The van der Waals surface area contributed by atoms with Gasteiger partial charge in [-0.1, -0.05) is 119 Å². The molecule has 6 aromatic rings. The van der Waals surface area contributed by atoms with Gasteiger partial charge in [0.2, 0.25) is 0 Å². The van der Waals surface area contributed by atoms with Gasteiger partial charge in [0.1, 0.15) is 27.8 Å². The Hall–Kier alpha value is -4.29. The van der Waals surface area contributed by atoms with Crippen molar-refractivity contribution in [1.82, 2.24) is 0 Å². The summed E-state index contributed by atoms with van der Waals surface area (Å²) in [6.07, 6.45) is 0. The summed E-state index contributed by atoms with van der Waals surface area (Å²) in [5, 5.41) is 63.3. The fourth-order valence-corrected chi connectivity index (χ4v) is 6.90. The molecular weight excluding hydrogens is 938 g/mol. The number of aryl methyl sites for hydroxylation is 1. The molecule has 62 heavy (non-hydrogen) atoms. The van der Waals surface area contributed by atoms with Crippen LogP contribution in [0.15, 0.2) is 124 Å². The van der Waals surface area contributed by atoms with Crippen LogP contribution in [-0.2, 0) is 61.6 Å². The van der Waals surface area contributed by atoms with Gasteiger partial charge in [0.15, 0.2) is 0 Å². The van der Waals surface area contributed by atoms with Gasteiger partial charge in [-0.3, -0.25) is 14.5 Å². The Morgan fingerprint density at radius 1 is 0.645 bits per heavy atom. The number of phenols is 2. The molecule has 0 aliphatic heterocycles. The summed E-state index contributed by atoms with van der Waals surface area (Å²) < 4.78 is 40.2. The minimum atomic E-state index is -4.45. The fourth-order valence-electron chi connectivity index (χ4n) is 5.15. The van der Waals surface area contributed by atoms with Crippen molar-refractivity contribution in [1.29, 1.82) is 0 Å². The van der Waals surface area contributed by atoms with E-state index in [2.05, 4.69) is 68.7 Å². The third kappa shape index (κ3) is 15.8. The van der Waals surface area contributed by atoms with E-state index < -0.39 is 15.0 Å². The molecule has 0 saturated carbocycles. The topological polar surface area (TPSA) is 246 Å². The van der Waals surface area contributed by atoms with Crippen LogP contribution in [0.1, 0.15) is 47.1 Å². The summed E-state index contributed by atoms with van der Waals surface area (Å²) in [6.45, 7) is 20.5. The molecule has 0 aromatic heterocycles. The summed E-state index contributed by atoms with van der Waals surface area (Å²) in [4.78, 5) is 7.88. The molecule has 0 unspecified atom stereocenters. The first-order valence-electron chi connectivity index (χ1n) is 18.2. The van der Waals surface area contributed by atoms with Crippen LogP contribution < -0.4 is 0 Å². The van der Waals surface area contributed by atoms with Gasteiger partial charge in [0.25, 0.3) is 10.1 Å². The molecule has 0 bridgehead atoms. The van der Waals surface area contributed by atoms with Crippen LogP contribution >= 0.6 is 24.1 Å². The molecule has 6 aromatic carbocycles. The van der Waals surface area contributed by atoms with Crippen LogP contribution in [0, 0.1) is 13.0 Å². The van der Waals surface area contributed by atoms with E-state index in [0.29, 0.717) is 37.3 Å². The van der Waals surface area contributed by atoms with Gasteiger partial charge in [0.05, 0.1) is 34.7 Å². The van der Waals surface area contributed by atoms with Crippen molar-refractivity contribution in [3.05, 3.63) is 90.5 Å². The maximum atomic E-state index is 11.2. The third-order valence-corrected chi connectivity index (χ3v) is 9.55. The predicted octanol–water partition coefficient (Wildman–Crippen LogP) is 13.3. The summed E-state index contributed by atoms with van der Waals surface area (Å²) in [6, 6.07) is 25.6. The van der Waals surface area contributed by atoms with Crippen LogP contribution in [0.2, 0.25) is 0 Å². The minimum absolute atomic E-state index is 0. The Morgan fingerprint density at radius 3 is 1.56 bits per heavy atom. The van der Waals surface area contributed by atoms with Crippen LogP contribution in [0.25, 0.3) is 32.3 Å². The van der Waals surface area contributed by atoms with E-state index in [1.165, 1.54) is 6.07 Å². The number of hydrogen-bond donors (Lipinski definition) is 5. The van der Waals surface area contributed by atoms with Crippen molar-refractivity contribution in [2.24, 2.45) is 30.4 Å². The number of azo groups is 2. The van der Waals surface area contributed by atoms with Gasteiger partial charge in [-0.05, 0) is 36.3 Å². The Morgan fingerprint density at radius 2 is 1.10 bits per heavy atom. The van der Waals surface area contributed by atoms with Crippen molar-refractivity contribution >= 4 is 103 Å². The molecule has 5 N–H and O–H groups in total. The minimum Gasteiger partial charge on any atom is -0.505 e. The second kappa shape index (κ2) is 30.7. The largest absolute Gasteiger partial charge is 0.505 e. The monoisotopic (exact) mass is 986 g/mol. The number of phenolic OH excluding ortho intramolecular Hbond substituents is 2. The number of aliphatic imine (C=N–C) groups is 2.